The number of hydrogen-bond acceptors (Lipinski definition) is 3. The molecule has 0 aromatic carbocycles. The SMILES string of the molecule is CCCCCCCCCCCCCCCCCCCC(=O)OC(CCCCCCCCCCCC)CCCCCCCC(=O)O. The first-order chi connectivity index (χ1) is 22.1. The number of carbonyl (C=O) groups excluding carboxylic acids is 1. The third-order valence-corrected chi connectivity index (χ3v) is 9.58. The van der Waals surface area contributed by atoms with Gasteiger partial charge in [-0.2, -0.15) is 0 Å². The fourth-order valence-corrected chi connectivity index (χ4v) is 6.54. The van der Waals surface area contributed by atoms with Gasteiger partial charge in [-0.25, -0.2) is 0 Å². The van der Waals surface area contributed by atoms with Gasteiger partial charge in [0.1, 0.15) is 6.10 Å². The third kappa shape index (κ3) is 37.3. The molecular formula is C41H80O4. The first-order valence-corrected chi connectivity index (χ1v) is 20.5. The smallest absolute Gasteiger partial charge is 0.306 e. The molecule has 0 saturated heterocycles. The van der Waals surface area contributed by atoms with Crippen molar-refractivity contribution < 1.29 is 19.4 Å². The highest BCUT2D eigenvalue weighted by atomic mass is 16.5. The molecule has 0 amide bonds. The van der Waals surface area contributed by atoms with E-state index in [0.29, 0.717) is 6.42 Å². The molecule has 1 unspecified atom stereocenters. The molecule has 1 atom stereocenters. The number of carbonyl (C=O) groups is 2. The minimum atomic E-state index is -0.696. The summed E-state index contributed by atoms with van der Waals surface area (Å²) in [5.41, 5.74) is 0. The number of esters is 1. The molecule has 0 aromatic rings. The first-order valence-electron chi connectivity index (χ1n) is 20.5. The van der Waals surface area contributed by atoms with Gasteiger partial charge in [-0.1, -0.05) is 194 Å². The molecule has 45 heavy (non-hydrogen) atoms. The van der Waals surface area contributed by atoms with E-state index < -0.39 is 5.97 Å². The molecule has 0 radical (unpaired) electrons. The van der Waals surface area contributed by atoms with Crippen molar-refractivity contribution in [1.82, 2.24) is 0 Å². The fourth-order valence-electron chi connectivity index (χ4n) is 6.54. The molecule has 0 spiro atoms. The summed E-state index contributed by atoms with van der Waals surface area (Å²) in [5, 5.41) is 8.81. The molecule has 1 N–H and O–H groups in total. The molecular weight excluding hydrogens is 556 g/mol. The maximum Gasteiger partial charge on any atom is 0.306 e. The minimum Gasteiger partial charge on any atom is -0.481 e. The largest absolute Gasteiger partial charge is 0.481 e. The van der Waals surface area contributed by atoms with Crippen LogP contribution < -0.4 is 0 Å². The van der Waals surface area contributed by atoms with Crippen LogP contribution >= 0.6 is 0 Å². The predicted octanol–water partition coefficient (Wildman–Crippen LogP) is 14.1. The zero-order valence-corrected chi connectivity index (χ0v) is 30.7. The molecule has 0 aromatic heterocycles. The van der Waals surface area contributed by atoms with E-state index in [1.807, 2.05) is 0 Å². The third-order valence-electron chi connectivity index (χ3n) is 9.58. The molecule has 0 saturated carbocycles. The monoisotopic (exact) mass is 637 g/mol. The maximum atomic E-state index is 12.7. The Bertz CT molecular complexity index is 604. The van der Waals surface area contributed by atoms with Crippen LogP contribution in [0.4, 0.5) is 0 Å². The van der Waals surface area contributed by atoms with Crippen LogP contribution in [0.1, 0.15) is 245 Å². The van der Waals surface area contributed by atoms with Crippen LogP contribution in [-0.4, -0.2) is 23.1 Å². The highest BCUT2D eigenvalue weighted by Gasteiger charge is 2.14. The Morgan fingerprint density at radius 3 is 0.978 bits per heavy atom. The highest BCUT2D eigenvalue weighted by molar-refractivity contribution is 5.69. The summed E-state index contributed by atoms with van der Waals surface area (Å²) in [6, 6.07) is 0. The van der Waals surface area contributed by atoms with Crippen molar-refractivity contribution in [3.8, 4) is 0 Å². The van der Waals surface area contributed by atoms with Gasteiger partial charge in [0.25, 0.3) is 0 Å². The molecule has 0 rings (SSSR count). The van der Waals surface area contributed by atoms with E-state index in [2.05, 4.69) is 13.8 Å². The molecule has 0 aliphatic carbocycles. The summed E-state index contributed by atoms with van der Waals surface area (Å²) in [7, 11) is 0. The van der Waals surface area contributed by atoms with Gasteiger partial charge in [0, 0.05) is 12.8 Å². The Kier molecular flexibility index (Phi) is 36.5. The number of aliphatic carboxylic acids is 1. The van der Waals surface area contributed by atoms with E-state index in [0.717, 1.165) is 64.2 Å². The van der Waals surface area contributed by atoms with Gasteiger partial charge >= 0.3 is 11.9 Å². The van der Waals surface area contributed by atoms with Crippen molar-refractivity contribution in [2.24, 2.45) is 0 Å². The summed E-state index contributed by atoms with van der Waals surface area (Å²) < 4.78 is 6.00. The van der Waals surface area contributed by atoms with Crippen molar-refractivity contribution in [3.05, 3.63) is 0 Å². The standard InChI is InChI=1S/C41H80O4/c1-3-5-7-9-11-13-15-16-17-18-19-20-21-23-25-30-34-38-41(44)45-39(36-32-28-26-29-33-37-40(42)43)35-31-27-24-22-14-12-10-8-6-4-2/h39H,3-38H2,1-2H3,(H,42,43). The molecule has 268 valence electrons. The average Bonchev–Trinajstić information content (AvgIpc) is 3.02. The lowest BCUT2D eigenvalue weighted by atomic mass is 10.0. The van der Waals surface area contributed by atoms with Crippen molar-refractivity contribution in [3.63, 3.8) is 0 Å². The quantitative estimate of drug-likeness (QED) is 0.0541. The number of ether oxygens (including phenoxy) is 1. The topological polar surface area (TPSA) is 63.6 Å². The van der Waals surface area contributed by atoms with E-state index in [4.69, 9.17) is 9.84 Å². The van der Waals surface area contributed by atoms with Crippen LogP contribution in [-0.2, 0) is 14.3 Å². The van der Waals surface area contributed by atoms with Crippen LogP contribution in [0.3, 0.4) is 0 Å². The lowest BCUT2D eigenvalue weighted by Crippen LogP contribution is -2.18. The first kappa shape index (κ1) is 43.9. The van der Waals surface area contributed by atoms with Gasteiger partial charge in [0.05, 0.1) is 0 Å². The van der Waals surface area contributed by atoms with Crippen molar-refractivity contribution in [1.29, 1.82) is 0 Å². The Balaban J connectivity index is 3.90. The zero-order valence-electron chi connectivity index (χ0n) is 30.7. The van der Waals surface area contributed by atoms with Crippen molar-refractivity contribution >= 4 is 11.9 Å². The summed E-state index contributed by atoms with van der Waals surface area (Å²) in [4.78, 5) is 23.4. The molecule has 4 heteroatoms. The Hall–Kier alpha value is -1.06. The fraction of sp³-hybridized carbons (Fsp3) is 0.951. The van der Waals surface area contributed by atoms with Gasteiger partial charge in [-0.05, 0) is 38.5 Å². The van der Waals surface area contributed by atoms with Gasteiger partial charge in [0.2, 0.25) is 0 Å². The number of rotatable bonds is 38. The van der Waals surface area contributed by atoms with Crippen LogP contribution in [0.5, 0.6) is 0 Å². The average molecular weight is 637 g/mol. The van der Waals surface area contributed by atoms with Crippen molar-refractivity contribution in [2.75, 3.05) is 0 Å². The number of unbranched alkanes of at least 4 members (excludes halogenated alkanes) is 29. The Labute approximate surface area is 282 Å². The van der Waals surface area contributed by atoms with Crippen molar-refractivity contribution in [2.45, 2.75) is 251 Å². The molecule has 0 aliphatic heterocycles. The highest BCUT2D eigenvalue weighted by Crippen LogP contribution is 2.19. The minimum absolute atomic E-state index is 0.00879. The molecule has 0 bridgehead atoms. The predicted molar refractivity (Wildman–Crippen MR) is 195 cm³/mol. The molecule has 0 aliphatic rings. The number of hydrogen-bond donors (Lipinski definition) is 1. The Morgan fingerprint density at radius 2 is 0.667 bits per heavy atom. The lowest BCUT2D eigenvalue weighted by Gasteiger charge is -2.18. The van der Waals surface area contributed by atoms with E-state index in [-0.39, 0.29) is 18.5 Å². The normalized spacial score (nSPS) is 12.0. The summed E-state index contributed by atoms with van der Waals surface area (Å²) in [6.45, 7) is 4.56. The van der Waals surface area contributed by atoms with Gasteiger partial charge in [-0.15, -0.1) is 0 Å². The van der Waals surface area contributed by atoms with E-state index in [1.165, 1.54) is 154 Å². The molecule has 4 nitrogen and oxygen atoms in total. The zero-order chi connectivity index (χ0) is 32.9. The lowest BCUT2D eigenvalue weighted by molar-refractivity contribution is -0.150. The maximum absolute atomic E-state index is 12.7. The van der Waals surface area contributed by atoms with Gasteiger partial charge in [0.15, 0.2) is 0 Å². The summed E-state index contributed by atoms with van der Waals surface area (Å²) in [5.74, 6) is -0.687. The van der Waals surface area contributed by atoms with E-state index in [1.54, 1.807) is 0 Å². The van der Waals surface area contributed by atoms with E-state index >= 15 is 0 Å². The second-order valence-corrected chi connectivity index (χ2v) is 14.2. The molecule has 0 heterocycles. The second kappa shape index (κ2) is 37.4. The Morgan fingerprint density at radius 1 is 0.400 bits per heavy atom. The van der Waals surface area contributed by atoms with Gasteiger partial charge in [-0.3, -0.25) is 9.59 Å². The van der Waals surface area contributed by atoms with Crippen LogP contribution in [0.15, 0.2) is 0 Å². The molecule has 0 fully saturated rings. The summed E-state index contributed by atoms with van der Waals surface area (Å²) >= 11 is 0. The second-order valence-electron chi connectivity index (χ2n) is 14.2. The number of carboxylic acid groups (broad SMARTS) is 1. The summed E-state index contributed by atoms with van der Waals surface area (Å²) in [6.07, 6.45) is 44.1. The number of carboxylic acids is 1. The van der Waals surface area contributed by atoms with Crippen LogP contribution in [0.2, 0.25) is 0 Å². The van der Waals surface area contributed by atoms with Crippen LogP contribution in [0.25, 0.3) is 0 Å². The van der Waals surface area contributed by atoms with Gasteiger partial charge < -0.3 is 9.84 Å². The van der Waals surface area contributed by atoms with Crippen LogP contribution in [0, 0.1) is 0 Å². The van der Waals surface area contributed by atoms with E-state index in [9.17, 15) is 9.59 Å².